The maximum atomic E-state index is 11.6. The minimum atomic E-state index is 0.0967. The van der Waals surface area contributed by atoms with Crippen molar-refractivity contribution in [2.75, 3.05) is 0 Å². The van der Waals surface area contributed by atoms with Gasteiger partial charge >= 0.3 is 0 Å². The fourth-order valence-corrected chi connectivity index (χ4v) is 1.26. The molecule has 0 radical (unpaired) electrons. The second-order valence-electron chi connectivity index (χ2n) is 4.22. The van der Waals surface area contributed by atoms with Crippen LogP contribution in [-0.2, 0) is 4.79 Å². The predicted octanol–water partition coefficient (Wildman–Crippen LogP) is 2.26. The van der Waals surface area contributed by atoms with Gasteiger partial charge in [0.25, 0.3) is 0 Å². The van der Waals surface area contributed by atoms with Gasteiger partial charge in [0.2, 0.25) is 5.91 Å². The van der Waals surface area contributed by atoms with Crippen LogP contribution in [0.3, 0.4) is 0 Å². The number of hydrogen-bond donors (Lipinski definition) is 1. The fraction of sp³-hybridized carbons (Fsp3) is 0.727. The SMILES string of the molecule is CC(C)=C(C)C(=O)NC(C)C1CC1. The predicted molar refractivity (Wildman–Crippen MR) is 54.4 cm³/mol. The molecule has 0 aliphatic heterocycles. The molecule has 74 valence electrons. The molecule has 0 aromatic heterocycles. The molecule has 0 aromatic rings. The number of rotatable bonds is 3. The Bertz CT molecular complexity index is 234. The van der Waals surface area contributed by atoms with E-state index in [1.807, 2.05) is 20.8 Å². The molecular formula is C11H19NO. The normalized spacial score (nSPS) is 17.8. The Morgan fingerprint density at radius 3 is 2.23 bits per heavy atom. The molecule has 1 aliphatic rings. The summed E-state index contributed by atoms with van der Waals surface area (Å²) in [6.45, 7) is 7.91. The van der Waals surface area contributed by atoms with Gasteiger partial charge in [-0.3, -0.25) is 4.79 Å². The molecule has 2 heteroatoms. The summed E-state index contributed by atoms with van der Waals surface area (Å²) in [6.07, 6.45) is 2.55. The van der Waals surface area contributed by atoms with E-state index in [4.69, 9.17) is 0 Å². The Kier molecular flexibility index (Phi) is 3.12. The summed E-state index contributed by atoms with van der Waals surface area (Å²) in [5.41, 5.74) is 1.95. The number of carbonyl (C=O) groups is 1. The van der Waals surface area contributed by atoms with E-state index in [2.05, 4.69) is 12.2 Å². The van der Waals surface area contributed by atoms with Crippen molar-refractivity contribution in [1.29, 1.82) is 0 Å². The minimum absolute atomic E-state index is 0.0967. The first-order valence-electron chi connectivity index (χ1n) is 4.97. The maximum Gasteiger partial charge on any atom is 0.247 e. The molecule has 1 saturated carbocycles. The highest BCUT2D eigenvalue weighted by atomic mass is 16.1. The first-order valence-corrected chi connectivity index (χ1v) is 4.97. The lowest BCUT2D eigenvalue weighted by atomic mass is 10.1. The smallest absolute Gasteiger partial charge is 0.247 e. The van der Waals surface area contributed by atoms with Crippen molar-refractivity contribution >= 4 is 5.91 Å². The first-order chi connectivity index (χ1) is 6.02. The Balaban J connectivity index is 2.44. The molecule has 0 aromatic carbocycles. The molecule has 1 atom stereocenters. The van der Waals surface area contributed by atoms with Crippen LogP contribution in [0, 0.1) is 5.92 Å². The molecule has 13 heavy (non-hydrogen) atoms. The van der Waals surface area contributed by atoms with E-state index in [-0.39, 0.29) is 5.91 Å². The third-order valence-electron chi connectivity index (χ3n) is 2.78. The van der Waals surface area contributed by atoms with Crippen molar-refractivity contribution in [3.63, 3.8) is 0 Å². The Labute approximate surface area is 80.4 Å². The molecule has 1 fully saturated rings. The van der Waals surface area contributed by atoms with Crippen molar-refractivity contribution < 1.29 is 4.79 Å². The van der Waals surface area contributed by atoms with Crippen LogP contribution in [0.4, 0.5) is 0 Å². The first kappa shape index (κ1) is 10.3. The van der Waals surface area contributed by atoms with Crippen LogP contribution >= 0.6 is 0 Å². The quantitative estimate of drug-likeness (QED) is 0.665. The van der Waals surface area contributed by atoms with Gasteiger partial charge in [0.15, 0.2) is 0 Å². The summed E-state index contributed by atoms with van der Waals surface area (Å²) >= 11 is 0. The van der Waals surface area contributed by atoms with Gasteiger partial charge in [0.1, 0.15) is 0 Å². The van der Waals surface area contributed by atoms with Crippen LogP contribution in [-0.4, -0.2) is 11.9 Å². The topological polar surface area (TPSA) is 29.1 Å². The van der Waals surface area contributed by atoms with E-state index in [9.17, 15) is 4.79 Å². The van der Waals surface area contributed by atoms with Crippen LogP contribution in [0.15, 0.2) is 11.1 Å². The third kappa shape index (κ3) is 2.87. The van der Waals surface area contributed by atoms with Crippen LogP contribution in [0.25, 0.3) is 0 Å². The number of allylic oxidation sites excluding steroid dienone is 1. The van der Waals surface area contributed by atoms with Crippen molar-refractivity contribution in [2.45, 2.75) is 46.6 Å². The molecule has 1 amide bonds. The highest BCUT2D eigenvalue weighted by Crippen LogP contribution is 2.32. The zero-order valence-electron chi connectivity index (χ0n) is 8.98. The molecule has 1 aliphatic carbocycles. The van der Waals surface area contributed by atoms with Gasteiger partial charge in [-0.05, 0) is 46.5 Å². The second kappa shape index (κ2) is 3.95. The number of amides is 1. The summed E-state index contributed by atoms with van der Waals surface area (Å²) in [5, 5.41) is 3.03. The zero-order chi connectivity index (χ0) is 10.0. The number of hydrogen-bond acceptors (Lipinski definition) is 1. The van der Waals surface area contributed by atoms with Crippen molar-refractivity contribution in [1.82, 2.24) is 5.32 Å². The van der Waals surface area contributed by atoms with Crippen LogP contribution in [0.2, 0.25) is 0 Å². The molecule has 0 bridgehead atoms. The third-order valence-corrected chi connectivity index (χ3v) is 2.78. The molecule has 0 heterocycles. The zero-order valence-corrected chi connectivity index (χ0v) is 8.98. The number of carbonyl (C=O) groups excluding carboxylic acids is 1. The Morgan fingerprint density at radius 2 is 1.85 bits per heavy atom. The summed E-state index contributed by atoms with van der Waals surface area (Å²) in [6, 6.07) is 0.349. The highest BCUT2D eigenvalue weighted by molar-refractivity contribution is 5.93. The molecule has 1 unspecified atom stereocenters. The van der Waals surface area contributed by atoms with E-state index in [0.29, 0.717) is 6.04 Å². The fourth-order valence-electron chi connectivity index (χ4n) is 1.26. The average Bonchev–Trinajstić information content (AvgIpc) is 2.84. The van der Waals surface area contributed by atoms with E-state index >= 15 is 0 Å². The molecule has 1 rings (SSSR count). The van der Waals surface area contributed by atoms with Crippen LogP contribution in [0.1, 0.15) is 40.5 Å². The van der Waals surface area contributed by atoms with Gasteiger partial charge in [-0.25, -0.2) is 0 Å². The summed E-state index contributed by atoms with van der Waals surface area (Å²) in [5.74, 6) is 0.827. The molecule has 1 N–H and O–H groups in total. The lowest BCUT2D eigenvalue weighted by Gasteiger charge is -2.13. The Hall–Kier alpha value is -0.790. The standard InChI is InChI=1S/C11H19NO/c1-7(2)8(3)11(13)12-9(4)10-5-6-10/h9-10H,5-6H2,1-4H3,(H,12,13). The van der Waals surface area contributed by atoms with Gasteiger partial charge in [-0.2, -0.15) is 0 Å². The second-order valence-corrected chi connectivity index (χ2v) is 4.22. The molecular weight excluding hydrogens is 162 g/mol. The molecule has 0 spiro atoms. The highest BCUT2D eigenvalue weighted by Gasteiger charge is 2.28. The van der Waals surface area contributed by atoms with E-state index in [1.165, 1.54) is 12.8 Å². The largest absolute Gasteiger partial charge is 0.350 e. The van der Waals surface area contributed by atoms with E-state index < -0.39 is 0 Å². The lowest BCUT2D eigenvalue weighted by Crippen LogP contribution is -2.34. The van der Waals surface area contributed by atoms with Crippen molar-refractivity contribution in [3.8, 4) is 0 Å². The summed E-state index contributed by atoms with van der Waals surface area (Å²) < 4.78 is 0. The lowest BCUT2D eigenvalue weighted by molar-refractivity contribution is -0.118. The van der Waals surface area contributed by atoms with Crippen molar-refractivity contribution in [3.05, 3.63) is 11.1 Å². The molecule has 0 saturated heterocycles. The van der Waals surface area contributed by atoms with Crippen molar-refractivity contribution in [2.24, 2.45) is 5.92 Å². The monoisotopic (exact) mass is 181 g/mol. The minimum Gasteiger partial charge on any atom is -0.350 e. The van der Waals surface area contributed by atoms with Gasteiger partial charge in [-0.15, -0.1) is 0 Å². The van der Waals surface area contributed by atoms with E-state index in [1.54, 1.807) is 0 Å². The summed E-state index contributed by atoms with van der Waals surface area (Å²) in [7, 11) is 0. The van der Waals surface area contributed by atoms with Crippen LogP contribution in [0.5, 0.6) is 0 Å². The van der Waals surface area contributed by atoms with Gasteiger partial charge in [0.05, 0.1) is 0 Å². The van der Waals surface area contributed by atoms with Gasteiger partial charge < -0.3 is 5.32 Å². The summed E-state index contributed by atoms with van der Waals surface area (Å²) in [4.78, 5) is 11.6. The van der Waals surface area contributed by atoms with Gasteiger partial charge in [-0.1, -0.05) is 5.57 Å². The van der Waals surface area contributed by atoms with Crippen LogP contribution < -0.4 is 5.32 Å². The van der Waals surface area contributed by atoms with E-state index in [0.717, 1.165) is 17.1 Å². The number of nitrogens with one attached hydrogen (secondary N) is 1. The molecule has 2 nitrogen and oxygen atoms in total. The average molecular weight is 181 g/mol. The Morgan fingerprint density at radius 1 is 1.31 bits per heavy atom. The van der Waals surface area contributed by atoms with Gasteiger partial charge in [0, 0.05) is 11.6 Å². The maximum absolute atomic E-state index is 11.6.